The maximum absolute atomic E-state index is 12.1. The number of carbonyl (C=O) groups is 2. The number of benzene rings is 1. The topological polar surface area (TPSA) is 79.5 Å². The minimum absolute atomic E-state index is 0.0475. The first-order chi connectivity index (χ1) is 11.4. The number of hydrogen-bond donors (Lipinski definition) is 3. The Labute approximate surface area is 148 Å². The van der Waals surface area contributed by atoms with Gasteiger partial charge in [0, 0.05) is 12.0 Å². The Morgan fingerprint density at radius 1 is 1.12 bits per heavy atom. The van der Waals surface area contributed by atoms with Crippen molar-refractivity contribution in [2.45, 2.75) is 52.6 Å². The van der Waals surface area contributed by atoms with E-state index in [0.717, 1.165) is 19.3 Å². The van der Waals surface area contributed by atoms with Crippen molar-refractivity contribution in [3.05, 3.63) is 29.8 Å². The molecule has 0 aliphatic carbocycles. The Kier molecular flexibility index (Phi) is 8.78. The highest BCUT2D eigenvalue weighted by Gasteiger charge is 2.09. The van der Waals surface area contributed by atoms with Gasteiger partial charge >= 0.3 is 0 Å². The lowest BCUT2D eigenvalue weighted by atomic mass is 10.2. The van der Waals surface area contributed by atoms with Crippen LogP contribution in [0, 0.1) is 0 Å². The summed E-state index contributed by atoms with van der Waals surface area (Å²) in [7, 11) is 0. The van der Waals surface area contributed by atoms with E-state index in [9.17, 15) is 9.59 Å². The average Bonchev–Trinajstić information content (AvgIpc) is 2.53. The zero-order valence-electron chi connectivity index (χ0n) is 14.3. The second-order valence-corrected chi connectivity index (χ2v) is 6.01. The number of carbonyl (C=O) groups excluding carboxylic acids is 2. The Morgan fingerprint density at radius 2 is 1.79 bits per heavy atom. The zero-order chi connectivity index (χ0) is 17.9. The molecular formula is C17H25N3O3S. The maximum atomic E-state index is 12.1. The molecule has 0 unspecified atom stereocenters. The summed E-state index contributed by atoms with van der Waals surface area (Å²) in [6, 6.07) is 6.75. The molecule has 0 heterocycles. The van der Waals surface area contributed by atoms with Crippen molar-refractivity contribution in [2.75, 3.05) is 0 Å². The molecule has 2 amide bonds. The summed E-state index contributed by atoms with van der Waals surface area (Å²) in [4.78, 5) is 23.6. The van der Waals surface area contributed by atoms with Crippen LogP contribution < -0.4 is 20.9 Å². The van der Waals surface area contributed by atoms with E-state index in [4.69, 9.17) is 17.0 Å². The lowest BCUT2D eigenvalue weighted by Crippen LogP contribution is -2.48. The van der Waals surface area contributed by atoms with Crippen LogP contribution in [0.5, 0.6) is 5.75 Å². The number of hydrazine groups is 1. The van der Waals surface area contributed by atoms with E-state index in [1.165, 1.54) is 0 Å². The van der Waals surface area contributed by atoms with Gasteiger partial charge < -0.3 is 4.74 Å². The number of thiocarbonyl (C=S) groups is 1. The largest absolute Gasteiger partial charge is 0.491 e. The highest BCUT2D eigenvalue weighted by atomic mass is 32.1. The Bertz CT molecular complexity index is 559. The maximum Gasteiger partial charge on any atom is 0.257 e. The van der Waals surface area contributed by atoms with E-state index >= 15 is 0 Å². The minimum atomic E-state index is -0.358. The van der Waals surface area contributed by atoms with Gasteiger partial charge in [-0.15, -0.1) is 0 Å². The highest BCUT2D eigenvalue weighted by Crippen LogP contribution is 2.13. The normalized spacial score (nSPS) is 10.2. The summed E-state index contributed by atoms with van der Waals surface area (Å²) in [5, 5.41) is 2.55. The average molecular weight is 351 g/mol. The van der Waals surface area contributed by atoms with Crippen molar-refractivity contribution < 1.29 is 14.3 Å². The van der Waals surface area contributed by atoms with Crippen molar-refractivity contribution in [3.8, 4) is 5.75 Å². The van der Waals surface area contributed by atoms with Crippen LogP contribution in [0.3, 0.4) is 0 Å². The fourth-order valence-corrected chi connectivity index (χ4v) is 2.03. The fourth-order valence-electron chi connectivity index (χ4n) is 1.89. The van der Waals surface area contributed by atoms with Crippen LogP contribution in [0.2, 0.25) is 0 Å². The van der Waals surface area contributed by atoms with Gasteiger partial charge in [0.25, 0.3) is 5.91 Å². The summed E-state index contributed by atoms with van der Waals surface area (Å²) in [6.45, 7) is 5.94. The third-order valence-corrected chi connectivity index (χ3v) is 3.24. The van der Waals surface area contributed by atoms with E-state index < -0.39 is 0 Å². The molecule has 24 heavy (non-hydrogen) atoms. The number of ether oxygens (including phenoxy) is 1. The summed E-state index contributed by atoms with van der Waals surface area (Å²) >= 11 is 4.98. The first kappa shape index (κ1) is 19.9. The Balaban J connectivity index is 2.38. The monoisotopic (exact) mass is 351 g/mol. The molecule has 0 aliphatic heterocycles. The second kappa shape index (κ2) is 10.6. The van der Waals surface area contributed by atoms with Crippen molar-refractivity contribution in [3.63, 3.8) is 0 Å². The molecule has 0 spiro atoms. The molecule has 0 fully saturated rings. The van der Waals surface area contributed by atoms with E-state index in [0.29, 0.717) is 17.7 Å². The molecule has 0 saturated heterocycles. The molecular weight excluding hydrogens is 326 g/mol. The van der Waals surface area contributed by atoms with Crippen LogP contribution in [0.1, 0.15) is 56.8 Å². The van der Waals surface area contributed by atoms with Gasteiger partial charge in [-0.25, -0.2) is 0 Å². The molecule has 3 N–H and O–H groups in total. The third kappa shape index (κ3) is 7.92. The van der Waals surface area contributed by atoms with Gasteiger partial charge in [-0.1, -0.05) is 19.8 Å². The Morgan fingerprint density at radius 3 is 2.38 bits per heavy atom. The van der Waals surface area contributed by atoms with Gasteiger partial charge in [-0.3, -0.25) is 25.8 Å². The molecule has 1 rings (SSSR count). The van der Waals surface area contributed by atoms with Crippen LogP contribution in [0.15, 0.2) is 24.3 Å². The van der Waals surface area contributed by atoms with Crippen LogP contribution >= 0.6 is 12.2 Å². The first-order valence-electron chi connectivity index (χ1n) is 8.09. The molecule has 1 aromatic carbocycles. The zero-order valence-corrected chi connectivity index (χ0v) is 15.2. The summed E-state index contributed by atoms with van der Waals surface area (Å²) in [6.07, 6.45) is 3.38. The number of amides is 2. The number of hydrogen-bond acceptors (Lipinski definition) is 4. The molecule has 1 aromatic rings. The standard InChI is InChI=1S/C17H25N3O3S/c1-4-5-6-7-15(21)19-20-17(24)18-16(22)13-8-10-14(11-9-13)23-12(2)3/h8-12H,4-7H2,1-3H3,(H,19,21)(H2,18,20,22,24). The van der Waals surface area contributed by atoms with Gasteiger partial charge in [0.05, 0.1) is 6.10 Å². The second-order valence-electron chi connectivity index (χ2n) is 5.60. The molecule has 7 heteroatoms. The van der Waals surface area contributed by atoms with Crippen molar-refractivity contribution in [1.82, 2.24) is 16.2 Å². The summed E-state index contributed by atoms with van der Waals surface area (Å²) in [5.41, 5.74) is 5.44. The van der Waals surface area contributed by atoms with E-state index in [1.54, 1.807) is 24.3 Å². The molecule has 6 nitrogen and oxygen atoms in total. The van der Waals surface area contributed by atoms with Crippen LogP contribution in [-0.2, 0) is 4.79 Å². The van der Waals surface area contributed by atoms with Gasteiger partial charge in [0.15, 0.2) is 5.11 Å². The molecule has 0 saturated carbocycles. The van der Waals surface area contributed by atoms with Crippen molar-refractivity contribution in [1.29, 1.82) is 0 Å². The predicted molar refractivity (Wildman–Crippen MR) is 97.7 cm³/mol. The smallest absolute Gasteiger partial charge is 0.257 e. The molecule has 0 aromatic heterocycles. The molecule has 0 atom stereocenters. The van der Waals surface area contributed by atoms with Crippen LogP contribution in [-0.4, -0.2) is 23.0 Å². The predicted octanol–water partition coefficient (Wildman–Crippen LogP) is 2.69. The highest BCUT2D eigenvalue weighted by molar-refractivity contribution is 7.80. The fraction of sp³-hybridized carbons (Fsp3) is 0.471. The quantitative estimate of drug-likeness (QED) is 0.400. The molecule has 0 bridgehead atoms. The van der Waals surface area contributed by atoms with Gasteiger partial charge in [0.1, 0.15) is 5.75 Å². The van der Waals surface area contributed by atoms with E-state index in [1.807, 2.05) is 13.8 Å². The SMILES string of the molecule is CCCCCC(=O)NNC(=S)NC(=O)c1ccc(OC(C)C)cc1. The summed E-state index contributed by atoms with van der Waals surface area (Å²) < 4.78 is 5.52. The van der Waals surface area contributed by atoms with Gasteiger partial charge in [-0.2, -0.15) is 0 Å². The minimum Gasteiger partial charge on any atom is -0.491 e. The van der Waals surface area contributed by atoms with E-state index in [-0.39, 0.29) is 23.0 Å². The third-order valence-electron chi connectivity index (χ3n) is 3.04. The van der Waals surface area contributed by atoms with Gasteiger partial charge in [-0.05, 0) is 56.8 Å². The number of nitrogens with one attached hydrogen (secondary N) is 3. The number of rotatable bonds is 7. The lowest BCUT2D eigenvalue weighted by Gasteiger charge is -2.12. The van der Waals surface area contributed by atoms with E-state index in [2.05, 4.69) is 23.1 Å². The van der Waals surface area contributed by atoms with Crippen molar-refractivity contribution >= 4 is 29.1 Å². The van der Waals surface area contributed by atoms with Gasteiger partial charge in [0.2, 0.25) is 5.91 Å². The molecule has 132 valence electrons. The lowest BCUT2D eigenvalue weighted by molar-refractivity contribution is -0.121. The first-order valence-corrected chi connectivity index (χ1v) is 8.50. The molecule has 0 radical (unpaired) electrons. The summed E-state index contributed by atoms with van der Waals surface area (Å²) in [5.74, 6) is 0.181. The van der Waals surface area contributed by atoms with Crippen LogP contribution in [0.25, 0.3) is 0 Å². The van der Waals surface area contributed by atoms with Crippen molar-refractivity contribution in [2.24, 2.45) is 0 Å². The molecule has 0 aliphatic rings. The number of unbranched alkanes of at least 4 members (excludes halogenated alkanes) is 2. The van der Waals surface area contributed by atoms with Crippen LogP contribution in [0.4, 0.5) is 0 Å². The Hall–Kier alpha value is -2.15.